The monoisotopic (exact) mass is 344 g/mol. The quantitative estimate of drug-likeness (QED) is 0.517. The lowest BCUT2D eigenvalue weighted by Crippen LogP contribution is -2.40. The van der Waals surface area contributed by atoms with Crippen LogP contribution in [0.15, 0.2) is 11.0 Å². The molecule has 0 unspecified atom stereocenters. The number of aliphatic carboxylic acids is 1. The van der Waals surface area contributed by atoms with Gasteiger partial charge < -0.3 is 5.11 Å². The Kier molecular flexibility index (Phi) is 7.53. The van der Waals surface area contributed by atoms with E-state index < -0.39 is 11.5 Å². The average molecular weight is 345 g/mol. The highest BCUT2D eigenvalue weighted by molar-refractivity contribution is 6.33. The molecule has 1 amide bonds. The Hall–Kier alpha value is -2.09. The number of aryl methyl sites for hydroxylation is 1. The number of hydrazine groups is 1. The van der Waals surface area contributed by atoms with E-state index in [0.717, 1.165) is 17.5 Å². The molecule has 0 saturated heterocycles. The van der Waals surface area contributed by atoms with Gasteiger partial charge in [0.05, 0.1) is 6.20 Å². The van der Waals surface area contributed by atoms with Crippen molar-refractivity contribution in [2.24, 2.45) is 7.05 Å². The molecule has 0 bridgehead atoms. The first-order valence-corrected chi connectivity index (χ1v) is 7.67. The van der Waals surface area contributed by atoms with E-state index in [2.05, 4.69) is 10.5 Å². The smallest absolute Gasteiger partial charge is 0.303 e. The second-order valence-corrected chi connectivity index (χ2v) is 5.55. The lowest BCUT2D eigenvalue weighted by atomic mass is 10.1. The summed E-state index contributed by atoms with van der Waals surface area (Å²) in [5.74, 6) is -1.01. The zero-order valence-electron chi connectivity index (χ0n) is 13.2. The molecule has 9 heteroatoms. The van der Waals surface area contributed by atoms with Crippen LogP contribution in [-0.4, -0.2) is 33.8 Å². The maximum Gasteiger partial charge on any atom is 0.303 e. The number of carboxylic acids is 1. The highest BCUT2D eigenvalue weighted by atomic mass is 35.5. The summed E-state index contributed by atoms with van der Waals surface area (Å²) in [6.45, 7) is 0. The third-order valence-electron chi connectivity index (χ3n) is 3.26. The van der Waals surface area contributed by atoms with E-state index in [1.807, 2.05) is 0 Å². The molecule has 1 rings (SSSR count). The minimum absolute atomic E-state index is 0.0148. The summed E-state index contributed by atoms with van der Waals surface area (Å²) in [5.41, 5.74) is 2.50. The number of carbonyl (C=O) groups is 2. The van der Waals surface area contributed by atoms with Gasteiger partial charge in [-0.1, -0.05) is 24.4 Å². The van der Waals surface area contributed by atoms with Crippen molar-refractivity contribution in [1.82, 2.24) is 15.2 Å². The third-order valence-corrected chi connectivity index (χ3v) is 3.61. The van der Waals surface area contributed by atoms with Crippen LogP contribution in [0.4, 0.5) is 5.69 Å². The molecule has 0 aliphatic carbocycles. The van der Waals surface area contributed by atoms with Crippen molar-refractivity contribution in [3.8, 4) is 0 Å². The van der Waals surface area contributed by atoms with E-state index in [1.54, 1.807) is 7.05 Å². The van der Waals surface area contributed by atoms with Gasteiger partial charge in [0.15, 0.2) is 0 Å². The number of amides is 1. The van der Waals surface area contributed by atoms with Gasteiger partial charge >= 0.3 is 5.97 Å². The molecule has 1 aromatic heterocycles. The molecule has 0 aromatic carbocycles. The predicted molar refractivity (Wildman–Crippen MR) is 86.4 cm³/mol. The molecule has 8 nitrogen and oxygen atoms in total. The van der Waals surface area contributed by atoms with Crippen molar-refractivity contribution in [2.45, 2.75) is 38.5 Å². The molecule has 128 valence electrons. The van der Waals surface area contributed by atoms with Gasteiger partial charge in [-0.15, -0.1) is 0 Å². The summed E-state index contributed by atoms with van der Waals surface area (Å²) in [7, 11) is 3.06. The normalized spacial score (nSPS) is 10.4. The van der Waals surface area contributed by atoms with Crippen molar-refractivity contribution in [3.05, 3.63) is 21.6 Å². The number of nitrogens with one attached hydrogen (secondary N) is 1. The second kappa shape index (κ2) is 9.14. The highest BCUT2D eigenvalue weighted by Gasteiger charge is 2.13. The fraction of sp³-hybridized carbons (Fsp3) is 0.571. The van der Waals surface area contributed by atoms with Crippen molar-refractivity contribution >= 4 is 29.2 Å². The molecule has 0 atom stereocenters. The Morgan fingerprint density at radius 3 is 2.52 bits per heavy atom. The fourth-order valence-corrected chi connectivity index (χ4v) is 2.25. The maximum atomic E-state index is 11.8. The third kappa shape index (κ3) is 6.27. The van der Waals surface area contributed by atoms with Crippen molar-refractivity contribution in [1.29, 1.82) is 0 Å². The molecule has 0 spiro atoms. The van der Waals surface area contributed by atoms with Crippen LogP contribution in [0.2, 0.25) is 5.02 Å². The molecule has 0 radical (unpaired) electrons. The Labute approximate surface area is 139 Å². The zero-order valence-corrected chi connectivity index (χ0v) is 14.0. The van der Waals surface area contributed by atoms with Crippen LogP contribution in [0.3, 0.4) is 0 Å². The zero-order chi connectivity index (χ0) is 17.4. The number of carboxylic acid groups (broad SMARTS) is 1. The van der Waals surface area contributed by atoms with E-state index in [4.69, 9.17) is 16.7 Å². The Morgan fingerprint density at radius 2 is 1.91 bits per heavy atom. The second-order valence-electron chi connectivity index (χ2n) is 5.17. The van der Waals surface area contributed by atoms with Crippen LogP contribution in [0.5, 0.6) is 0 Å². The summed E-state index contributed by atoms with van der Waals surface area (Å²) in [6.07, 6.45) is 4.72. The number of nitrogens with zero attached hydrogens (tertiary/aromatic N) is 3. The molecular formula is C14H21ClN4O4. The van der Waals surface area contributed by atoms with Gasteiger partial charge in [-0.05, 0) is 12.8 Å². The van der Waals surface area contributed by atoms with Crippen LogP contribution in [-0.2, 0) is 16.6 Å². The van der Waals surface area contributed by atoms with Gasteiger partial charge in [0, 0.05) is 26.9 Å². The molecule has 1 aromatic rings. The average Bonchev–Trinajstić information content (AvgIpc) is 2.48. The van der Waals surface area contributed by atoms with Crippen LogP contribution in [0.1, 0.15) is 38.5 Å². The summed E-state index contributed by atoms with van der Waals surface area (Å²) in [6, 6.07) is 0. The summed E-state index contributed by atoms with van der Waals surface area (Å²) < 4.78 is 1.11. The Balaban J connectivity index is 2.38. The number of aromatic nitrogens is 2. The summed E-state index contributed by atoms with van der Waals surface area (Å²) >= 11 is 5.95. The first-order chi connectivity index (χ1) is 10.8. The first kappa shape index (κ1) is 19.0. The number of hydrogen-bond acceptors (Lipinski definition) is 5. The van der Waals surface area contributed by atoms with Crippen molar-refractivity contribution < 1.29 is 14.7 Å². The number of unbranched alkanes of at least 4 members (excludes halogenated alkanes) is 3. The van der Waals surface area contributed by atoms with Gasteiger partial charge in [0.2, 0.25) is 5.91 Å². The van der Waals surface area contributed by atoms with Crippen LogP contribution < -0.4 is 16.0 Å². The standard InChI is InChI=1S/C14H21ClN4O4/c1-18(10-9-16-19(2)14(23)13(10)15)17-11(20)7-5-3-4-6-8-12(21)22/h9H,3-8H2,1-2H3,(H,17,20)(H,21,22). The molecule has 0 saturated carbocycles. The van der Waals surface area contributed by atoms with Crippen molar-refractivity contribution in [3.63, 3.8) is 0 Å². The van der Waals surface area contributed by atoms with Crippen molar-refractivity contribution in [2.75, 3.05) is 12.1 Å². The molecule has 2 N–H and O–H groups in total. The minimum atomic E-state index is -0.802. The molecular weight excluding hydrogens is 324 g/mol. The maximum absolute atomic E-state index is 11.8. The SMILES string of the molecule is CN(NC(=O)CCCCCCC(=O)O)c1cnn(C)c(=O)c1Cl. The predicted octanol–water partition coefficient (Wildman–Crippen LogP) is 1.33. The van der Waals surface area contributed by atoms with E-state index in [1.165, 1.54) is 18.3 Å². The Bertz CT molecular complexity index is 617. The molecule has 0 aliphatic rings. The van der Waals surface area contributed by atoms with E-state index in [9.17, 15) is 14.4 Å². The van der Waals surface area contributed by atoms with Crippen LogP contribution in [0.25, 0.3) is 0 Å². The first-order valence-electron chi connectivity index (χ1n) is 7.29. The lowest BCUT2D eigenvalue weighted by Gasteiger charge is -2.20. The summed E-state index contributed by atoms with van der Waals surface area (Å²) in [5, 5.41) is 13.7. The number of anilines is 1. The highest BCUT2D eigenvalue weighted by Crippen LogP contribution is 2.17. The topological polar surface area (TPSA) is 105 Å². The number of halogens is 1. The number of carbonyl (C=O) groups excluding carboxylic acids is 1. The molecule has 23 heavy (non-hydrogen) atoms. The van der Waals surface area contributed by atoms with Gasteiger partial charge in [-0.25, -0.2) is 4.68 Å². The van der Waals surface area contributed by atoms with Gasteiger partial charge in [-0.3, -0.25) is 24.8 Å². The fourth-order valence-electron chi connectivity index (χ4n) is 1.95. The number of rotatable bonds is 9. The lowest BCUT2D eigenvalue weighted by molar-refractivity contribution is -0.137. The Morgan fingerprint density at radius 1 is 1.30 bits per heavy atom. The van der Waals surface area contributed by atoms with E-state index in [0.29, 0.717) is 24.9 Å². The van der Waals surface area contributed by atoms with Crippen LogP contribution >= 0.6 is 11.6 Å². The largest absolute Gasteiger partial charge is 0.481 e. The molecule has 0 aliphatic heterocycles. The molecule has 1 heterocycles. The summed E-state index contributed by atoms with van der Waals surface area (Å²) in [4.78, 5) is 33.9. The van der Waals surface area contributed by atoms with E-state index >= 15 is 0 Å². The van der Waals surface area contributed by atoms with Crippen LogP contribution in [0, 0.1) is 0 Å². The van der Waals surface area contributed by atoms with Gasteiger partial charge in [-0.2, -0.15) is 5.10 Å². The molecule has 0 fully saturated rings. The number of hydrogen-bond donors (Lipinski definition) is 2. The van der Waals surface area contributed by atoms with Gasteiger partial charge in [0.25, 0.3) is 5.56 Å². The van der Waals surface area contributed by atoms with E-state index in [-0.39, 0.29) is 17.4 Å². The van der Waals surface area contributed by atoms with Gasteiger partial charge in [0.1, 0.15) is 10.7 Å². The minimum Gasteiger partial charge on any atom is -0.481 e.